The van der Waals surface area contributed by atoms with Gasteiger partial charge in [0, 0.05) is 17.3 Å². The predicted molar refractivity (Wildman–Crippen MR) is 126 cm³/mol. The second-order valence-corrected chi connectivity index (χ2v) is 7.43. The molecule has 0 unspecified atom stereocenters. The number of carbonyl (C=O) groups excluding carboxylic acids is 1. The summed E-state index contributed by atoms with van der Waals surface area (Å²) in [6.07, 6.45) is 3.50. The number of rotatable bonds is 7. The Balaban J connectivity index is 1.50. The van der Waals surface area contributed by atoms with Crippen molar-refractivity contribution in [1.82, 2.24) is 15.2 Å². The van der Waals surface area contributed by atoms with E-state index in [1.165, 1.54) is 5.56 Å². The van der Waals surface area contributed by atoms with Gasteiger partial charge in [-0.1, -0.05) is 66.2 Å². The maximum atomic E-state index is 12.2. The first-order valence-corrected chi connectivity index (χ1v) is 10.3. The van der Waals surface area contributed by atoms with Crippen molar-refractivity contribution in [2.75, 3.05) is 6.61 Å². The van der Waals surface area contributed by atoms with Crippen LogP contribution in [0.3, 0.4) is 0 Å². The third-order valence-corrected chi connectivity index (χ3v) is 4.93. The number of benzene rings is 3. The number of amides is 1. The Morgan fingerprint density at radius 3 is 2.47 bits per heavy atom. The summed E-state index contributed by atoms with van der Waals surface area (Å²) in [4.78, 5) is 12.2. The maximum absolute atomic E-state index is 12.2. The number of para-hydroxylation sites is 2. The Kier molecular flexibility index (Phi) is 6.41. The fraction of sp³-hybridized carbons (Fsp3) is 0.115. The Morgan fingerprint density at radius 1 is 1.00 bits per heavy atom. The zero-order chi connectivity index (χ0) is 22.3. The van der Waals surface area contributed by atoms with E-state index in [1.54, 1.807) is 10.9 Å². The quantitative estimate of drug-likeness (QED) is 0.346. The van der Waals surface area contributed by atoms with Crippen LogP contribution < -0.4 is 10.2 Å². The molecule has 0 radical (unpaired) electrons. The van der Waals surface area contributed by atoms with Crippen molar-refractivity contribution >= 4 is 12.1 Å². The van der Waals surface area contributed by atoms with E-state index in [9.17, 15) is 4.79 Å². The lowest BCUT2D eigenvalue weighted by atomic mass is 10.1. The number of hydrogen-bond donors (Lipinski definition) is 1. The zero-order valence-electron chi connectivity index (χ0n) is 18.0. The third kappa shape index (κ3) is 5.10. The summed E-state index contributed by atoms with van der Waals surface area (Å²) >= 11 is 0. The molecule has 0 spiro atoms. The van der Waals surface area contributed by atoms with E-state index < -0.39 is 0 Å². The van der Waals surface area contributed by atoms with Gasteiger partial charge >= 0.3 is 0 Å². The van der Waals surface area contributed by atoms with Crippen molar-refractivity contribution in [3.63, 3.8) is 0 Å². The van der Waals surface area contributed by atoms with Crippen LogP contribution in [-0.4, -0.2) is 28.5 Å². The van der Waals surface area contributed by atoms with Gasteiger partial charge in [-0.2, -0.15) is 10.2 Å². The van der Waals surface area contributed by atoms with E-state index in [2.05, 4.69) is 10.5 Å². The van der Waals surface area contributed by atoms with Crippen LogP contribution in [0.25, 0.3) is 16.9 Å². The highest BCUT2D eigenvalue weighted by molar-refractivity contribution is 5.89. The average molecular weight is 425 g/mol. The van der Waals surface area contributed by atoms with Gasteiger partial charge in [-0.05, 0) is 37.6 Å². The molecule has 1 aromatic heterocycles. The minimum Gasteiger partial charge on any atom is -0.483 e. The van der Waals surface area contributed by atoms with Crippen LogP contribution >= 0.6 is 0 Å². The number of ether oxygens (including phenoxy) is 1. The van der Waals surface area contributed by atoms with Crippen LogP contribution in [0.2, 0.25) is 0 Å². The Hall–Kier alpha value is -4.19. The van der Waals surface area contributed by atoms with Gasteiger partial charge in [-0.25, -0.2) is 10.1 Å². The van der Waals surface area contributed by atoms with Crippen LogP contribution in [0, 0.1) is 13.8 Å². The van der Waals surface area contributed by atoms with Gasteiger partial charge in [0.1, 0.15) is 11.4 Å². The normalized spacial score (nSPS) is 10.9. The molecular weight excluding hydrogens is 400 g/mol. The summed E-state index contributed by atoms with van der Waals surface area (Å²) in [6.45, 7) is 3.86. The first-order valence-electron chi connectivity index (χ1n) is 10.3. The van der Waals surface area contributed by atoms with Crippen molar-refractivity contribution < 1.29 is 9.53 Å². The van der Waals surface area contributed by atoms with Gasteiger partial charge in [0.25, 0.3) is 5.91 Å². The van der Waals surface area contributed by atoms with E-state index in [0.717, 1.165) is 28.1 Å². The lowest BCUT2D eigenvalue weighted by Gasteiger charge is -2.07. The van der Waals surface area contributed by atoms with Crippen LogP contribution in [0.4, 0.5) is 0 Å². The fourth-order valence-corrected chi connectivity index (χ4v) is 3.20. The van der Waals surface area contributed by atoms with Crippen LogP contribution in [0.15, 0.2) is 90.2 Å². The minimum atomic E-state index is -0.336. The molecule has 6 nitrogen and oxygen atoms in total. The molecule has 0 saturated heterocycles. The number of carbonyl (C=O) groups is 1. The summed E-state index contributed by atoms with van der Waals surface area (Å²) in [5.74, 6) is 0.342. The van der Waals surface area contributed by atoms with Crippen LogP contribution in [0.1, 0.15) is 16.7 Å². The molecule has 4 aromatic rings. The zero-order valence-corrected chi connectivity index (χ0v) is 18.0. The summed E-state index contributed by atoms with van der Waals surface area (Å²) in [5, 5.41) is 8.88. The SMILES string of the molecule is Cc1ccc(-c2nn(-c3ccccc3)cc2/C=N\NC(=O)COc2ccccc2C)cc1. The molecule has 0 saturated carbocycles. The molecule has 3 aromatic carbocycles. The molecule has 6 heteroatoms. The van der Waals surface area contributed by atoms with Gasteiger partial charge in [0.15, 0.2) is 6.61 Å². The maximum Gasteiger partial charge on any atom is 0.277 e. The Morgan fingerprint density at radius 2 is 1.72 bits per heavy atom. The molecule has 160 valence electrons. The van der Waals surface area contributed by atoms with Crippen molar-refractivity contribution in [1.29, 1.82) is 0 Å². The Bertz CT molecular complexity index is 1230. The van der Waals surface area contributed by atoms with Gasteiger partial charge in [-0.3, -0.25) is 4.79 Å². The highest BCUT2D eigenvalue weighted by atomic mass is 16.5. The second-order valence-electron chi connectivity index (χ2n) is 7.43. The van der Waals surface area contributed by atoms with E-state index in [0.29, 0.717) is 5.75 Å². The minimum absolute atomic E-state index is 0.115. The highest BCUT2D eigenvalue weighted by Crippen LogP contribution is 2.23. The molecule has 4 rings (SSSR count). The average Bonchev–Trinajstić information content (AvgIpc) is 3.24. The van der Waals surface area contributed by atoms with E-state index in [1.807, 2.05) is 98.9 Å². The van der Waals surface area contributed by atoms with Gasteiger partial charge in [-0.15, -0.1) is 0 Å². The van der Waals surface area contributed by atoms with E-state index in [-0.39, 0.29) is 12.5 Å². The number of nitrogens with zero attached hydrogens (tertiary/aromatic N) is 3. The van der Waals surface area contributed by atoms with Crippen molar-refractivity contribution in [3.8, 4) is 22.7 Å². The van der Waals surface area contributed by atoms with Crippen molar-refractivity contribution in [2.45, 2.75) is 13.8 Å². The van der Waals surface area contributed by atoms with Gasteiger partial charge in [0.2, 0.25) is 0 Å². The summed E-state index contributed by atoms with van der Waals surface area (Å²) in [5.41, 5.74) is 8.16. The highest BCUT2D eigenvalue weighted by Gasteiger charge is 2.11. The fourth-order valence-electron chi connectivity index (χ4n) is 3.20. The second kappa shape index (κ2) is 9.75. The number of hydrazone groups is 1. The molecule has 32 heavy (non-hydrogen) atoms. The monoisotopic (exact) mass is 424 g/mol. The van der Waals surface area contributed by atoms with E-state index in [4.69, 9.17) is 9.84 Å². The summed E-state index contributed by atoms with van der Waals surface area (Å²) in [6, 6.07) is 25.6. The molecule has 0 aliphatic heterocycles. The molecule has 1 amide bonds. The number of hydrogen-bond acceptors (Lipinski definition) is 4. The summed E-state index contributed by atoms with van der Waals surface area (Å²) < 4.78 is 7.37. The lowest BCUT2D eigenvalue weighted by Crippen LogP contribution is -2.24. The topological polar surface area (TPSA) is 68.5 Å². The van der Waals surface area contributed by atoms with Gasteiger partial charge in [0.05, 0.1) is 11.9 Å². The third-order valence-electron chi connectivity index (χ3n) is 4.93. The molecule has 0 aliphatic rings. The smallest absolute Gasteiger partial charge is 0.277 e. The molecular formula is C26H24N4O2. The standard InChI is InChI=1S/C26H24N4O2/c1-19-12-14-21(15-13-19)26-22(17-30(29-26)23-9-4-3-5-10-23)16-27-28-25(31)18-32-24-11-7-6-8-20(24)2/h3-17H,18H2,1-2H3,(H,28,31)/b27-16-. The first kappa shape index (κ1) is 21.1. The molecule has 0 atom stereocenters. The number of nitrogens with one attached hydrogen (secondary N) is 1. The first-order chi connectivity index (χ1) is 15.6. The number of aromatic nitrogens is 2. The van der Waals surface area contributed by atoms with Crippen molar-refractivity contribution in [2.24, 2.45) is 5.10 Å². The van der Waals surface area contributed by atoms with Crippen LogP contribution in [0.5, 0.6) is 5.75 Å². The van der Waals surface area contributed by atoms with Crippen molar-refractivity contribution in [3.05, 3.63) is 102 Å². The predicted octanol–water partition coefficient (Wildman–Crippen LogP) is 4.69. The largest absolute Gasteiger partial charge is 0.483 e. The van der Waals surface area contributed by atoms with Crippen LogP contribution in [-0.2, 0) is 4.79 Å². The number of aryl methyl sites for hydroxylation is 2. The molecule has 0 aliphatic carbocycles. The molecule has 0 fully saturated rings. The Labute approximate surface area is 187 Å². The molecule has 1 N–H and O–H groups in total. The van der Waals surface area contributed by atoms with Gasteiger partial charge < -0.3 is 4.74 Å². The lowest BCUT2D eigenvalue weighted by molar-refractivity contribution is -0.123. The molecule has 0 bridgehead atoms. The van der Waals surface area contributed by atoms with E-state index >= 15 is 0 Å². The molecule has 1 heterocycles. The summed E-state index contributed by atoms with van der Waals surface area (Å²) in [7, 11) is 0.